The number of aliphatic carboxylic acids is 1. The first-order chi connectivity index (χ1) is 8.52. The van der Waals surface area contributed by atoms with Crippen LogP contribution in [0.15, 0.2) is 24.3 Å². The fraction of sp³-hybridized carbons (Fsp3) is 0.273. The number of amides is 2. The fourth-order valence-electron chi connectivity index (χ4n) is 1.28. The molecule has 0 spiro atoms. The molecule has 1 aromatic carbocycles. The normalized spacial score (nSPS) is 11.7. The second-order valence-electron chi connectivity index (χ2n) is 3.51. The van der Waals surface area contributed by atoms with Crippen molar-refractivity contribution in [2.24, 2.45) is 0 Å². The molecule has 0 bridgehead atoms. The molecule has 0 aromatic heterocycles. The molecular weight excluding hydrogens is 243 g/mol. The molecule has 0 radical (unpaired) electrons. The molecule has 1 aromatic rings. The molecule has 0 fully saturated rings. The van der Waals surface area contributed by atoms with Gasteiger partial charge in [-0.05, 0) is 18.2 Å². The monoisotopic (exact) mass is 256 g/mol. The van der Waals surface area contributed by atoms with Gasteiger partial charge >= 0.3 is 12.0 Å². The summed E-state index contributed by atoms with van der Waals surface area (Å²) in [4.78, 5) is 22.1. The highest BCUT2D eigenvalue weighted by Crippen LogP contribution is 2.08. The third-order valence-corrected chi connectivity index (χ3v) is 2.10. The van der Waals surface area contributed by atoms with Crippen LogP contribution in [0.2, 0.25) is 0 Å². The van der Waals surface area contributed by atoms with E-state index in [4.69, 9.17) is 10.2 Å². The van der Waals surface area contributed by atoms with E-state index in [1.165, 1.54) is 18.2 Å². The summed E-state index contributed by atoms with van der Waals surface area (Å²) in [6, 6.07) is 3.22. The van der Waals surface area contributed by atoms with E-state index >= 15 is 0 Å². The van der Waals surface area contributed by atoms with Crippen molar-refractivity contribution in [3.63, 3.8) is 0 Å². The van der Waals surface area contributed by atoms with Crippen molar-refractivity contribution in [2.75, 3.05) is 11.9 Å². The largest absolute Gasteiger partial charge is 0.480 e. The lowest BCUT2D eigenvalue weighted by atomic mass is 10.2. The Morgan fingerprint density at radius 3 is 2.67 bits per heavy atom. The van der Waals surface area contributed by atoms with Crippen LogP contribution in [-0.4, -0.2) is 34.9 Å². The summed E-state index contributed by atoms with van der Waals surface area (Å²) in [6.07, 6.45) is -0.105. The number of carboxylic acid groups (broad SMARTS) is 1. The van der Waals surface area contributed by atoms with Crippen molar-refractivity contribution >= 4 is 17.7 Å². The van der Waals surface area contributed by atoms with Crippen molar-refractivity contribution in [1.82, 2.24) is 5.32 Å². The van der Waals surface area contributed by atoms with Crippen LogP contribution in [0.25, 0.3) is 0 Å². The van der Waals surface area contributed by atoms with E-state index in [0.29, 0.717) is 0 Å². The molecule has 0 heterocycles. The van der Waals surface area contributed by atoms with Gasteiger partial charge in [-0.2, -0.15) is 0 Å². The first-order valence-corrected chi connectivity index (χ1v) is 5.19. The maximum Gasteiger partial charge on any atom is 0.326 e. The number of carbonyl (C=O) groups excluding carboxylic acids is 1. The predicted molar refractivity (Wildman–Crippen MR) is 61.7 cm³/mol. The third-order valence-electron chi connectivity index (χ3n) is 2.10. The van der Waals surface area contributed by atoms with Gasteiger partial charge in [0.25, 0.3) is 0 Å². The molecule has 0 aliphatic rings. The highest BCUT2D eigenvalue weighted by molar-refractivity contribution is 5.92. The van der Waals surface area contributed by atoms with Crippen LogP contribution in [0.5, 0.6) is 0 Å². The van der Waals surface area contributed by atoms with Gasteiger partial charge < -0.3 is 20.8 Å². The number of aliphatic hydroxyl groups excluding tert-OH is 1. The summed E-state index contributed by atoms with van der Waals surface area (Å²) >= 11 is 0. The zero-order valence-electron chi connectivity index (χ0n) is 9.39. The van der Waals surface area contributed by atoms with Crippen molar-refractivity contribution in [3.05, 3.63) is 30.1 Å². The molecule has 4 N–H and O–H groups in total. The average molecular weight is 256 g/mol. The Kier molecular flexibility index (Phi) is 5.06. The zero-order valence-corrected chi connectivity index (χ0v) is 9.39. The standard InChI is InChI=1S/C11H13FN2O4/c12-7-2-1-3-8(6-7)13-11(18)14-9(4-5-15)10(16)17/h1-3,6,9,15H,4-5H2,(H,16,17)(H2,13,14,18)/t9-/m0/s1. The van der Waals surface area contributed by atoms with Crippen LogP contribution in [-0.2, 0) is 4.79 Å². The molecule has 18 heavy (non-hydrogen) atoms. The smallest absolute Gasteiger partial charge is 0.326 e. The molecule has 1 atom stereocenters. The van der Waals surface area contributed by atoms with Crippen LogP contribution in [0.4, 0.5) is 14.9 Å². The first kappa shape index (κ1) is 13.9. The summed E-state index contributed by atoms with van der Waals surface area (Å²) in [5, 5.41) is 21.8. The van der Waals surface area contributed by atoms with E-state index in [1.54, 1.807) is 0 Å². The molecule has 1 rings (SSSR count). The summed E-state index contributed by atoms with van der Waals surface area (Å²) in [5.41, 5.74) is 0.209. The lowest BCUT2D eigenvalue weighted by molar-refractivity contribution is -0.139. The summed E-state index contributed by atoms with van der Waals surface area (Å²) in [5.74, 6) is -1.77. The number of hydrogen-bond donors (Lipinski definition) is 4. The topological polar surface area (TPSA) is 98.7 Å². The lowest BCUT2D eigenvalue weighted by Gasteiger charge is -2.13. The molecule has 0 saturated carbocycles. The molecule has 0 aliphatic carbocycles. The number of halogens is 1. The highest BCUT2D eigenvalue weighted by atomic mass is 19.1. The Bertz CT molecular complexity index is 439. The van der Waals surface area contributed by atoms with Crippen molar-refractivity contribution < 1.29 is 24.2 Å². The van der Waals surface area contributed by atoms with E-state index in [2.05, 4.69) is 10.6 Å². The Hall–Kier alpha value is -2.15. The van der Waals surface area contributed by atoms with Gasteiger partial charge in [0.15, 0.2) is 0 Å². The predicted octanol–water partition coefficient (Wildman–Crippen LogP) is 0.783. The maximum absolute atomic E-state index is 12.8. The van der Waals surface area contributed by atoms with E-state index in [1.807, 2.05) is 0 Å². The minimum absolute atomic E-state index is 0.105. The molecule has 0 saturated heterocycles. The lowest BCUT2D eigenvalue weighted by Crippen LogP contribution is -2.43. The minimum atomic E-state index is -1.25. The van der Waals surface area contributed by atoms with E-state index in [0.717, 1.165) is 6.07 Å². The molecular formula is C11H13FN2O4. The number of urea groups is 1. The van der Waals surface area contributed by atoms with Crippen LogP contribution < -0.4 is 10.6 Å². The Morgan fingerprint density at radius 1 is 1.39 bits per heavy atom. The van der Waals surface area contributed by atoms with Crippen LogP contribution in [0.1, 0.15) is 6.42 Å². The SMILES string of the molecule is O=C(Nc1cccc(F)c1)N[C@@H](CCO)C(=O)O. The Balaban J connectivity index is 2.57. The number of benzene rings is 1. The van der Waals surface area contributed by atoms with Gasteiger partial charge in [0.05, 0.1) is 0 Å². The van der Waals surface area contributed by atoms with Crippen molar-refractivity contribution in [3.8, 4) is 0 Å². The number of carboxylic acids is 1. The second kappa shape index (κ2) is 6.55. The molecule has 0 unspecified atom stereocenters. The maximum atomic E-state index is 12.8. The first-order valence-electron chi connectivity index (χ1n) is 5.19. The van der Waals surface area contributed by atoms with Gasteiger partial charge in [-0.3, -0.25) is 0 Å². The zero-order chi connectivity index (χ0) is 13.5. The molecule has 6 nitrogen and oxygen atoms in total. The highest BCUT2D eigenvalue weighted by Gasteiger charge is 2.19. The third kappa shape index (κ3) is 4.38. The summed E-state index contributed by atoms with van der Waals surface area (Å²) < 4.78 is 12.8. The van der Waals surface area contributed by atoms with E-state index < -0.39 is 23.9 Å². The molecule has 2 amide bonds. The second-order valence-corrected chi connectivity index (χ2v) is 3.51. The fourth-order valence-corrected chi connectivity index (χ4v) is 1.28. The summed E-state index contributed by atoms with van der Waals surface area (Å²) in [7, 11) is 0. The number of rotatable bonds is 5. The minimum Gasteiger partial charge on any atom is -0.480 e. The Labute approximate surface area is 102 Å². The number of carbonyl (C=O) groups is 2. The number of hydrogen-bond acceptors (Lipinski definition) is 3. The van der Waals surface area contributed by atoms with Gasteiger partial charge in [0.2, 0.25) is 0 Å². The van der Waals surface area contributed by atoms with Crippen LogP contribution >= 0.6 is 0 Å². The van der Waals surface area contributed by atoms with Gasteiger partial charge in [-0.1, -0.05) is 6.07 Å². The summed E-state index contributed by atoms with van der Waals surface area (Å²) in [6.45, 7) is -0.364. The van der Waals surface area contributed by atoms with Crippen LogP contribution in [0.3, 0.4) is 0 Å². The molecule has 7 heteroatoms. The van der Waals surface area contributed by atoms with Gasteiger partial charge in [0.1, 0.15) is 11.9 Å². The van der Waals surface area contributed by atoms with Crippen molar-refractivity contribution in [2.45, 2.75) is 12.5 Å². The van der Waals surface area contributed by atoms with Gasteiger partial charge in [0, 0.05) is 18.7 Å². The molecule has 98 valence electrons. The Morgan fingerprint density at radius 2 is 2.11 bits per heavy atom. The van der Waals surface area contributed by atoms with E-state index in [9.17, 15) is 14.0 Å². The van der Waals surface area contributed by atoms with Gasteiger partial charge in [-0.15, -0.1) is 0 Å². The van der Waals surface area contributed by atoms with Crippen molar-refractivity contribution in [1.29, 1.82) is 0 Å². The van der Waals surface area contributed by atoms with Crippen LogP contribution in [0, 0.1) is 5.82 Å². The van der Waals surface area contributed by atoms with E-state index in [-0.39, 0.29) is 18.7 Å². The quantitative estimate of drug-likeness (QED) is 0.625. The number of anilines is 1. The number of aliphatic hydroxyl groups is 1. The average Bonchev–Trinajstić information content (AvgIpc) is 2.28. The molecule has 0 aliphatic heterocycles. The van der Waals surface area contributed by atoms with Gasteiger partial charge in [-0.25, -0.2) is 14.0 Å². The number of nitrogens with one attached hydrogen (secondary N) is 2.